The zero-order chi connectivity index (χ0) is 14.3. The minimum absolute atomic E-state index is 0.0930. The molecule has 20 heavy (non-hydrogen) atoms. The van der Waals surface area contributed by atoms with Crippen LogP contribution in [0, 0.1) is 0 Å². The van der Waals surface area contributed by atoms with Gasteiger partial charge in [0.05, 0.1) is 22.5 Å². The zero-order valence-electron chi connectivity index (χ0n) is 11.8. The molecule has 0 aliphatic carbocycles. The normalized spacial score (nSPS) is 12.2. The van der Waals surface area contributed by atoms with E-state index in [1.807, 2.05) is 22.9 Å². The first-order valence-electron chi connectivity index (χ1n) is 6.49. The van der Waals surface area contributed by atoms with Crippen molar-refractivity contribution in [3.05, 3.63) is 35.0 Å². The monoisotopic (exact) mass is 287 g/mol. The average Bonchev–Trinajstić information content (AvgIpc) is 2.91. The highest BCUT2D eigenvalue weighted by Crippen LogP contribution is 2.28. The van der Waals surface area contributed by atoms with Crippen LogP contribution in [0.15, 0.2) is 24.3 Å². The molecule has 3 aromatic rings. The molecule has 0 spiro atoms. The van der Waals surface area contributed by atoms with Crippen molar-refractivity contribution >= 4 is 27.4 Å². The van der Waals surface area contributed by atoms with Crippen molar-refractivity contribution in [2.75, 3.05) is 5.73 Å². The zero-order valence-corrected chi connectivity index (χ0v) is 12.6. The third-order valence-electron chi connectivity index (χ3n) is 3.09. The van der Waals surface area contributed by atoms with E-state index in [1.165, 1.54) is 4.70 Å². The van der Waals surface area contributed by atoms with Crippen LogP contribution in [0.25, 0.3) is 10.2 Å². The van der Waals surface area contributed by atoms with E-state index in [9.17, 15) is 0 Å². The van der Waals surface area contributed by atoms with E-state index in [0.29, 0.717) is 12.4 Å². The van der Waals surface area contributed by atoms with E-state index in [2.05, 4.69) is 42.1 Å². The molecule has 0 saturated carbocycles. The van der Waals surface area contributed by atoms with Crippen LogP contribution >= 0.6 is 11.3 Å². The quantitative estimate of drug-likeness (QED) is 0.787. The van der Waals surface area contributed by atoms with Gasteiger partial charge in [-0.15, -0.1) is 16.4 Å². The van der Waals surface area contributed by atoms with Gasteiger partial charge in [-0.3, -0.25) is 0 Å². The van der Waals surface area contributed by atoms with Crippen LogP contribution in [0.4, 0.5) is 5.82 Å². The number of hydrogen-bond acceptors (Lipinski definition) is 5. The molecule has 5 nitrogen and oxygen atoms in total. The van der Waals surface area contributed by atoms with Crippen molar-refractivity contribution in [3.63, 3.8) is 0 Å². The van der Waals surface area contributed by atoms with Crippen LogP contribution in [-0.4, -0.2) is 20.0 Å². The average molecular weight is 287 g/mol. The first kappa shape index (κ1) is 13.1. The van der Waals surface area contributed by atoms with Gasteiger partial charge in [0.2, 0.25) is 0 Å². The highest BCUT2D eigenvalue weighted by atomic mass is 32.1. The first-order chi connectivity index (χ1) is 9.45. The predicted octanol–water partition coefficient (Wildman–Crippen LogP) is 2.82. The number of benzene rings is 1. The Kier molecular flexibility index (Phi) is 2.97. The molecule has 0 aliphatic rings. The van der Waals surface area contributed by atoms with Gasteiger partial charge in [-0.2, -0.15) is 0 Å². The molecular weight excluding hydrogens is 270 g/mol. The van der Waals surface area contributed by atoms with Gasteiger partial charge in [0.25, 0.3) is 0 Å². The smallest absolute Gasteiger partial charge is 0.169 e. The molecule has 3 rings (SSSR count). The minimum atomic E-state index is -0.0930. The molecule has 0 fully saturated rings. The van der Waals surface area contributed by atoms with E-state index in [4.69, 9.17) is 5.73 Å². The van der Waals surface area contributed by atoms with Gasteiger partial charge in [-0.05, 0) is 12.1 Å². The fourth-order valence-corrected chi connectivity index (χ4v) is 3.27. The number of para-hydroxylation sites is 1. The lowest BCUT2D eigenvalue weighted by Gasteiger charge is -2.19. The summed E-state index contributed by atoms with van der Waals surface area (Å²) in [6.07, 6.45) is 0. The molecule has 2 aromatic heterocycles. The number of nitrogen functional groups attached to an aromatic ring is 1. The summed E-state index contributed by atoms with van der Waals surface area (Å²) in [5.74, 6) is 0.499. The molecule has 6 heteroatoms. The van der Waals surface area contributed by atoms with Crippen LogP contribution < -0.4 is 5.73 Å². The molecule has 0 saturated heterocycles. The number of hydrogen-bond donors (Lipinski definition) is 1. The van der Waals surface area contributed by atoms with Crippen LogP contribution in [0.5, 0.6) is 0 Å². The number of aromatic nitrogens is 4. The van der Waals surface area contributed by atoms with Crippen molar-refractivity contribution in [2.45, 2.75) is 32.7 Å². The molecule has 0 unspecified atom stereocenters. The lowest BCUT2D eigenvalue weighted by atomic mass is 9.92. The summed E-state index contributed by atoms with van der Waals surface area (Å²) in [6, 6.07) is 8.13. The number of rotatable bonds is 2. The van der Waals surface area contributed by atoms with E-state index in [0.717, 1.165) is 16.2 Å². The fourth-order valence-electron chi connectivity index (χ4n) is 2.32. The van der Waals surface area contributed by atoms with Gasteiger partial charge in [0.15, 0.2) is 5.82 Å². The van der Waals surface area contributed by atoms with E-state index in [1.54, 1.807) is 11.3 Å². The second-order valence-electron chi connectivity index (χ2n) is 5.81. The molecule has 2 heterocycles. The van der Waals surface area contributed by atoms with Crippen LogP contribution in [0.3, 0.4) is 0 Å². The molecule has 0 amide bonds. The molecule has 0 atom stereocenters. The lowest BCUT2D eigenvalue weighted by molar-refractivity contribution is 0.502. The van der Waals surface area contributed by atoms with Crippen molar-refractivity contribution < 1.29 is 0 Å². The summed E-state index contributed by atoms with van der Waals surface area (Å²) in [6.45, 7) is 6.93. The minimum Gasteiger partial charge on any atom is -0.381 e. The summed E-state index contributed by atoms with van der Waals surface area (Å²) >= 11 is 1.68. The largest absolute Gasteiger partial charge is 0.381 e. The number of fused-ring (bicyclic) bond motifs is 1. The predicted molar refractivity (Wildman–Crippen MR) is 81.9 cm³/mol. The number of nitrogens with two attached hydrogens (primary N) is 1. The summed E-state index contributed by atoms with van der Waals surface area (Å²) in [7, 11) is 0. The maximum atomic E-state index is 5.94. The second-order valence-corrected chi connectivity index (χ2v) is 6.92. The van der Waals surface area contributed by atoms with Gasteiger partial charge in [-0.25, -0.2) is 9.67 Å². The molecule has 1 aromatic carbocycles. The Morgan fingerprint density at radius 2 is 2.00 bits per heavy atom. The van der Waals surface area contributed by atoms with Crippen molar-refractivity contribution in [1.29, 1.82) is 0 Å². The van der Waals surface area contributed by atoms with Crippen molar-refractivity contribution in [3.8, 4) is 0 Å². The summed E-state index contributed by atoms with van der Waals surface area (Å²) in [5, 5.41) is 9.17. The number of thiazole rings is 1. The topological polar surface area (TPSA) is 69.6 Å². The van der Waals surface area contributed by atoms with Gasteiger partial charge >= 0.3 is 0 Å². The first-order valence-corrected chi connectivity index (χ1v) is 7.30. The number of nitrogens with zero attached hydrogens (tertiary/aromatic N) is 4. The van der Waals surface area contributed by atoms with Crippen molar-refractivity contribution in [2.24, 2.45) is 0 Å². The molecular formula is C14H17N5S. The molecule has 2 N–H and O–H groups in total. The maximum Gasteiger partial charge on any atom is 0.169 e. The van der Waals surface area contributed by atoms with Gasteiger partial charge in [-0.1, -0.05) is 38.1 Å². The standard InChI is InChI=1S/C14H17N5S/c1-14(2,3)12-13(15)17-18-19(12)8-11-16-9-6-4-5-7-10(9)20-11/h4-7H,8,15H2,1-3H3. The molecule has 104 valence electrons. The SMILES string of the molecule is CC(C)(C)c1c(N)nnn1Cc1nc2ccccc2s1. The Balaban J connectivity index is 1.99. The van der Waals surface area contributed by atoms with E-state index < -0.39 is 0 Å². The number of anilines is 1. The molecule has 0 aliphatic heterocycles. The Morgan fingerprint density at radius 3 is 2.70 bits per heavy atom. The van der Waals surface area contributed by atoms with Gasteiger partial charge in [0.1, 0.15) is 5.01 Å². The van der Waals surface area contributed by atoms with Gasteiger partial charge in [0, 0.05) is 5.41 Å². The van der Waals surface area contributed by atoms with Crippen LogP contribution in [0.2, 0.25) is 0 Å². The Labute approximate surface area is 121 Å². The highest BCUT2D eigenvalue weighted by Gasteiger charge is 2.24. The summed E-state index contributed by atoms with van der Waals surface area (Å²) in [4.78, 5) is 4.63. The third-order valence-corrected chi connectivity index (χ3v) is 4.12. The Morgan fingerprint density at radius 1 is 1.25 bits per heavy atom. The van der Waals surface area contributed by atoms with Gasteiger partial charge < -0.3 is 5.73 Å². The summed E-state index contributed by atoms with van der Waals surface area (Å²) in [5.41, 5.74) is 7.83. The highest BCUT2D eigenvalue weighted by molar-refractivity contribution is 7.18. The second kappa shape index (κ2) is 4.56. The molecule has 0 radical (unpaired) electrons. The van der Waals surface area contributed by atoms with E-state index in [-0.39, 0.29) is 5.41 Å². The lowest BCUT2D eigenvalue weighted by Crippen LogP contribution is -2.20. The third kappa shape index (κ3) is 2.27. The molecule has 0 bridgehead atoms. The Bertz CT molecular complexity index is 717. The van der Waals surface area contributed by atoms with Crippen molar-refractivity contribution in [1.82, 2.24) is 20.0 Å². The fraction of sp³-hybridized carbons (Fsp3) is 0.357. The van der Waals surface area contributed by atoms with E-state index >= 15 is 0 Å². The van der Waals surface area contributed by atoms with Crippen LogP contribution in [-0.2, 0) is 12.0 Å². The summed E-state index contributed by atoms with van der Waals surface area (Å²) < 4.78 is 3.04. The maximum absolute atomic E-state index is 5.94. The van der Waals surface area contributed by atoms with Crippen LogP contribution in [0.1, 0.15) is 31.5 Å². The Hall–Kier alpha value is -1.95.